The maximum atomic E-state index is 13.5. The SMILES string of the molecule is NCCCCC1C(=O)NC(Cc2ccc3ccccc3c2)C(=O)N1Cc1ccc(Br)cc1. The minimum absolute atomic E-state index is 0.0292. The lowest BCUT2D eigenvalue weighted by molar-refractivity contribution is -0.150. The molecule has 3 N–H and O–H groups in total. The number of halogens is 1. The molecule has 6 heteroatoms. The molecule has 1 heterocycles. The van der Waals surface area contributed by atoms with Crippen LogP contribution in [0.5, 0.6) is 0 Å². The maximum absolute atomic E-state index is 13.5. The highest BCUT2D eigenvalue weighted by molar-refractivity contribution is 9.10. The molecule has 1 aliphatic heterocycles. The Kier molecular flexibility index (Phi) is 7.22. The summed E-state index contributed by atoms with van der Waals surface area (Å²) in [6, 6.07) is 21.2. The van der Waals surface area contributed by atoms with Gasteiger partial charge in [-0.1, -0.05) is 70.5 Å². The number of rotatable bonds is 8. The van der Waals surface area contributed by atoms with E-state index in [4.69, 9.17) is 5.73 Å². The number of hydrogen-bond donors (Lipinski definition) is 2. The highest BCUT2D eigenvalue weighted by atomic mass is 79.9. The van der Waals surface area contributed by atoms with E-state index in [1.54, 1.807) is 4.90 Å². The summed E-state index contributed by atoms with van der Waals surface area (Å²) in [6.45, 7) is 1.00. The van der Waals surface area contributed by atoms with Gasteiger partial charge in [0.15, 0.2) is 0 Å². The number of nitrogens with zero attached hydrogens (tertiary/aromatic N) is 1. The third-order valence-electron chi connectivity index (χ3n) is 6.03. The van der Waals surface area contributed by atoms with Gasteiger partial charge in [0.25, 0.3) is 0 Å². The van der Waals surface area contributed by atoms with Crippen LogP contribution in [0.2, 0.25) is 0 Å². The molecule has 2 atom stereocenters. The third kappa shape index (κ3) is 5.19. The predicted molar refractivity (Wildman–Crippen MR) is 131 cm³/mol. The Morgan fingerprint density at radius 2 is 1.62 bits per heavy atom. The minimum Gasteiger partial charge on any atom is -0.342 e. The largest absolute Gasteiger partial charge is 0.342 e. The van der Waals surface area contributed by atoms with Gasteiger partial charge in [-0.3, -0.25) is 9.59 Å². The average molecular weight is 494 g/mol. The van der Waals surface area contributed by atoms with Gasteiger partial charge in [-0.15, -0.1) is 0 Å². The van der Waals surface area contributed by atoms with Gasteiger partial charge in [0.05, 0.1) is 0 Å². The highest BCUT2D eigenvalue weighted by Crippen LogP contribution is 2.23. The van der Waals surface area contributed by atoms with Crippen LogP contribution in [0.3, 0.4) is 0 Å². The van der Waals surface area contributed by atoms with Crippen molar-refractivity contribution in [2.24, 2.45) is 5.73 Å². The molecular formula is C26H28BrN3O2. The van der Waals surface area contributed by atoms with Gasteiger partial charge in [0.1, 0.15) is 12.1 Å². The number of benzene rings is 3. The van der Waals surface area contributed by atoms with Gasteiger partial charge < -0.3 is 16.0 Å². The van der Waals surface area contributed by atoms with E-state index in [0.717, 1.165) is 39.2 Å². The summed E-state index contributed by atoms with van der Waals surface area (Å²) in [4.78, 5) is 28.3. The number of unbranched alkanes of at least 4 members (excludes halogenated alkanes) is 1. The van der Waals surface area contributed by atoms with Crippen LogP contribution in [0.4, 0.5) is 0 Å². The lowest BCUT2D eigenvalue weighted by Gasteiger charge is -2.39. The van der Waals surface area contributed by atoms with E-state index < -0.39 is 12.1 Å². The normalized spacial score (nSPS) is 18.8. The second kappa shape index (κ2) is 10.3. The van der Waals surface area contributed by atoms with Crippen molar-refractivity contribution in [1.29, 1.82) is 0 Å². The van der Waals surface area contributed by atoms with Crippen molar-refractivity contribution in [3.05, 3.63) is 82.3 Å². The molecule has 1 aliphatic rings. The van der Waals surface area contributed by atoms with E-state index in [1.807, 2.05) is 42.5 Å². The van der Waals surface area contributed by atoms with E-state index in [1.165, 1.54) is 0 Å². The molecule has 1 saturated heterocycles. The number of nitrogens with one attached hydrogen (secondary N) is 1. The fraction of sp³-hybridized carbons (Fsp3) is 0.308. The molecule has 3 aromatic carbocycles. The van der Waals surface area contributed by atoms with Crippen molar-refractivity contribution in [2.45, 2.75) is 44.3 Å². The molecule has 2 amide bonds. The summed E-state index contributed by atoms with van der Waals surface area (Å²) in [6.07, 6.45) is 2.74. The van der Waals surface area contributed by atoms with Crippen LogP contribution in [0.15, 0.2) is 71.2 Å². The molecule has 0 aliphatic carbocycles. The summed E-state index contributed by atoms with van der Waals surface area (Å²) >= 11 is 3.45. The first kappa shape index (κ1) is 22.5. The smallest absolute Gasteiger partial charge is 0.246 e. The van der Waals surface area contributed by atoms with Crippen LogP contribution in [0.25, 0.3) is 10.8 Å². The summed E-state index contributed by atoms with van der Waals surface area (Å²) in [7, 11) is 0. The molecule has 0 spiro atoms. The maximum Gasteiger partial charge on any atom is 0.246 e. The molecule has 3 aromatic rings. The van der Waals surface area contributed by atoms with Gasteiger partial charge in [0, 0.05) is 17.4 Å². The number of nitrogens with two attached hydrogens (primary N) is 1. The van der Waals surface area contributed by atoms with Gasteiger partial charge in [-0.2, -0.15) is 0 Å². The molecule has 5 nitrogen and oxygen atoms in total. The Morgan fingerprint density at radius 3 is 2.38 bits per heavy atom. The van der Waals surface area contributed by atoms with Crippen LogP contribution in [0, 0.1) is 0 Å². The van der Waals surface area contributed by atoms with Crippen LogP contribution < -0.4 is 11.1 Å². The molecule has 0 saturated carbocycles. The first-order chi connectivity index (χ1) is 15.5. The molecule has 0 aromatic heterocycles. The Bertz CT molecular complexity index is 1100. The first-order valence-corrected chi connectivity index (χ1v) is 11.9. The average Bonchev–Trinajstić information content (AvgIpc) is 2.80. The molecule has 0 radical (unpaired) electrons. The molecule has 32 heavy (non-hydrogen) atoms. The van der Waals surface area contributed by atoms with Crippen molar-refractivity contribution >= 4 is 38.5 Å². The predicted octanol–water partition coefficient (Wildman–Crippen LogP) is 4.17. The summed E-state index contributed by atoms with van der Waals surface area (Å²) in [5, 5.41) is 5.29. The van der Waals surface area contributed by atoms with Crippen molar-refractivity contribution in [3.8, 4) is 0 Å². The van der Waals surface area contributed by atoms with E-state index >= 15 is 0 Å². The molecule has 0 bridgehead atoms. The number of carbonyl (C=O) groups excluding carboxylic acids is 2. The fourth-order valence-corrected chi connectivity index (χ4v) is 4.57. The zero-order valence-corrected chi connectivity index (χ0v) is 19.6. The number of piperazine rings is 1. The quantitative estimate of drug-likeness (QED) is 0.462. The van der Waals surface area contributed by atoms with E-state index in [2.05, 4.69) is 45.5 Å². The first-order valence-electron chi connectivity index (χ1n) is 11.1. The van der Waals surface area contributed by atoms with Crippen molar-refractivity contribution in [1.82, 2.24) is 10.2 Å². The number of hydrogen-bond acceptors (Lipinski definition) is 3. The zero-order chi connectivity index (χ0) is 22.5. The van der Waals surface area contributed by atoms with E-state index in [0.29, 0.717) is 25.9 Å². The van der Waals surface area contributed by atoms with Gasteiger partial charge >= 0.3 is 0 Å². The summed E-state index contributed by atoms with van der Waals surface area (Å²) < 4.78 is 0.984. The van der Waals surface area contributed by atoms with Crippen molar-refractivity contribution in [2.75, 3.05) is 6.54 Å². The molecule has 1 fully saturated rings. The fourth-order valence-electron chi connectivity index (χ4n) is 4.31. The Balaban J connectivity index is 1.56. The number of carbonyl (C=O) groups is 2. The minimum atomic E-state index is -0.565. The standard InChI is InChI=1S/C26H28BrN3O2/c27-22-12-9-18(10-13-22)17-30-24(7-3-4-14-28)25(31)29-23(26(30)32)16-19-8-11-20-5-1-2-6-21(20)15-19/h1-2,5-6,8-13,15,23-24H,3-4,7,14,16-17,28H2,(H,29,31). The lowest BCUT2D eigenvalue weighted by atomic mass is 9.96. The monoisotopic (exact) mass is 493 g/mol. The molecular weight excluding hydrogens is 466 g/mol. The van der Waals surface area contributed by atoms with Crippen molar-refractivity contribution < 1.29 is 9.59 Å². The summed E-state index contributed by atoms with van der Waals surface area (Å²) in [5.41, 5.74) is 7.68. The van der Waals surface area contributed by atoms with Gasteiger partial charge in [-0.25, -0.2) is 0 Å². The van der Waals surface area contributed by atoms with Gasteiger partial charge in [0.2, 0.25) is 11.8 Å². The van der Waals surface area contributed by atoms with E-state index in [-0.39, 0.29) is 11.8 Å². The van der Waals surface area contributed by atoms with Crippen LogP contribution in [-0.4, -0.2) is 35.3 Å². The number of amides is 2. The zero-order valence-electron chi connectivity index (χ0n) is 18.0. The van der Waals surface area contributed by atoms with Crippen LogP contribution >= 0.6 is 15.9 Å². The second-order valence-electron chi connectivity index (χ2n) is 8.34. The Morgan fingerprint density at radius 1 is 0.906 bits per heavy atom. The highest BCUT2D eigenvalue weighted by Gasteiger charge is 2.40. The lowest BCUT2D eigenvalue weighted by Crippen LogP contribution is -2.63. The third-order valence-corrected chi connectivity index (χ3v) is 6.56. The topological polar surface area (TPSA) is 75.4 Å². The molecule has 166 valence electrons. The summed E-state index contributed by atoms with van der Waals surface area (Å²) in [5.74, 6) is -0.108. The molecule has 4 rings (SSSR count). The van der Waals surface area contributed by atoms with Gasteiger partial charge in [-0.05, 0) is 59.8 Å². The van der Waals surface area contributed by atoms with Crippen molar-refractivity contribution in [3.63, 3.8) is 0 Å². The van der Waals surface area contributed by atoms with E-state index in [9.17, 15) is 9.59 Å². The van der Waals surface area contributed by atoms with Crippen LogP contribution in [0.1, 0.15) is 30.4 Å². The van der Waals surface area contributed by atoms with Crippen LogP contribution in [-0.2, 0) is 22.6 Å². The Labute approximate surface area is 197 Å². The number of fused-ring (bicyclic) bond motifs is 1. The Hall–Kier alpha value is -2.70. The second-order valence-corrected chi connectivity index (χ2v) is 9.26. The molecule has 2 unspecified atom stereocenters.